The van der Waals surface area contributed by atoms with E-state index in [1.807, 2.05) is 13.0 Å². The summed E-state index contributed by atoms with van der Waals surface area (Å²) in [5.41, 5.74) is 0. The average Bonchev–Trinajstić information content (AvgIpc) is 2.42. The highest BCUT2D eigenvalue weighted by Crippen LogP contribution is 2.15. The molecule has 1 rings (SSSR count). The van der Waals surface area contributed by atoms with Crippen molar-refractivity contribution in [2.75, 3.05) is 30.3 Å². The molecule has 1 aromatic rings. The molecule has 20 heavy (non-hydrogen) atoms. The zero-order valence-electron chi connectivity index (χ0n) is 12.9. The van der Waals surface area contributed by atoms with Crippen LogP contribution in [0.5, 0.6) is 0 Å². The minimum atomic E-state index is 0.248. The Morgan fingerprint density at radius 2 is 1.80 bits per heavy atom. The Morgan fingerprint density at radius 3 is 2.40 bits per heavy atom. The Balaban J connectivity index is 2.59. The molecule has 3 N–H and O–H groups in total. The largest absolute Gasteiger partial charge is 0.396 e. The van der Waals surface area contributed by atoms with E-state index in [1.165, 1.54) is 0 Å². The number of aliphatic hydroxyl groups is 1. The third kappa shape index (κ3) is 6.19. The van der Waals surface area contributed by atoms with Crippen LogP contribution in [0.3, 0.4) is 0 Å². The summed E-state index contributed by atoms with van der Waals surface area (Å²) in [4.78, 5) is 8.78. The fourth-order valence-corrected chi connectivity index (χ4v) is 2.19. The molecule has 0 bridgehead atoms. The maximum atomic E-state index is 9.08. The molecule has 1 aromatic heterocycles. The molecule has 0 aliphatic carbocycles. The minimum Gasteiger partial charge on any atom is -0.396 e. The number of aryl methyl sites for hydroxylation is 1. The molecule has 0 aliphatic heterocycles. The summed E-state index contributed by atoms with van der Waals surface area (Å²) >= 11 is 0. The van der Waals surface area contributed by atoms with Crippen molar-refractivity contribution in [2.24, 2.45) is 5.92 Å². The van der Waals surface area contributed by atoms with Gasteiger partial charge >= 0.3 is 0 Å². The lowest BCUT2D eigenvalue weighted by molar-refractivity contribution is 0.255. The molecule has 0 fully saturated rings. The second-order valence-corrected chi connectivity index (χ2v) is 5.16. The highest BCUT2D eigenvalue weighted by molar-refractivity contribution is 5.47. The van der Waals surface area contributed by atoms with Crippen molar-refractivity contribution < 1.29 is 5.11 Å². The van der Waals surface area contributed by atoms with Gasteiger partial charge in [0.2, 0.25) is 0 Å². The molecular weight excluding hydrogens is 252 g/mol. The fraction of sp³-hybridized carbons (Fsp3) is 0.733. The van der Waals surface area contributed by atoms with Gasteiger partial charge in [0.05, 0.1) is 0 Å². The van der Waals surface area contributed by atoms with Gasteiger partial charge in [-0.2, -0.15) is 0 Å². The van der Waals surface area contributed by atoms with Gasteiger partial charge in [0.15, 0.2) is 0 Å². The lowest BCUT2D eigenvalue weighted by Gasteiger charge is -2.16. The summed E-state index contributed by atoms with van der Waals surface area (Å²) in [5, 5.41) is 15.7. The van der Waals surface area contributed by atoms with E-state index in [2.05, 4.69) is 34.4 Å². The van der Waals surface area contributed by atoms with E-state index < -0.39 is 0 Å². The predicted octanol–water partition coefficient (Wildman–Crippen LogP) is 2.82. The molecule has 0 saturated heterocycles. The third-order valence-corrected chi connectivity index (χ3v) is 3.20. The molecule has 0 radical (unpaired) electrons. The number of aliphatic hydroxyl groups excluding tert-OH is 1. The minimum absolute atomic E-state index is 0.248. The standard InChI is InChI=1S/C15H28N4O/c1-4-6-13(7-9-20)11-17-15-10-14(16-8-5-2)18-12(3)19-15/h10,13,20H,4-9,11H2,1-3H3,(H2,16,17,18,19). The molecule has 114 valence electrons. The van der Waals surface area contributed by atoms with Crippen molar-refractivity contribution >= 4 is 11.6 Å². The van der Waals surface area contributed by atoms with E-state index in [0.717, 1.165) is 56.2 Å². The number of nitrogens with one attached hydrogen (secondary N) is 2. The number of anilines is 2. The monoisotopic (exact) mass is 280 g/mol. The van der Waals surface area contributed by atoms with Crippen LogP contribution in [-0.4, -0.2) is 34.8 Å². The van der Waals surface area contributed by atoms with Crippen LogP contribution in [0.2, 0.25) is 0 Å². The fourth-order valence-electron chi connectivity index (χ4n) is 2.19. The molecule has 0 aliphatic rings. The van der Waals surface area contributed by atoms with Crippen molar-refractivity contribution in [3.8, 4) is 0 Å². The number of hydrogen-bond acceptors (Lipinski definition) is 5. The van der Waals surface area contributed by atoms with E-state index in [1.54, 1.807) is 0 Å². The number of aromatic nitrogens is 2. The molecule has 5 nitrogen and oxygen atoms in total. The van der Waals surface area contributed by atoms with Crippen LogP contribution in [0, 0.1) is 12.8 Å². The van der Waals surface area contributed by atoms with Gasteiger partial charge in [-0.3, -0.25) is 0 Å². The zero-order valence-corrected chi connectivity index (χ0v) is 12.9. The maximum absolute atomic E-state index is 9.08. The first-order valence-corrected chi connectivity index (χ1v) is 7.63. The zero-order chi connectivity index (χ0) is 14.8. The van der Waals surface area contributed by atoms with Gasteiger partial charge in [-0.25, -0.2) is 9.97 Å². The van der Waals surface area contributed by atoms with Crippen LogP contribution in [0.4, 0.5) is 11.6 Å². The summed E-state index contributed by atoms with van der Waals surface area (Å²) in [7, 11) is 0. The van der Waals surface area contributed by atoms with Crippen LogP contribution < -0.4 is 10.6 Å². The smallest absolute Gasteiger partial charge is 0.131 e. The summed E-state index contributed by atoms with van der Waals surface area (Å²) in [5.74, 6) is 2.99. The molecule has 0 spiro atoms. The Morgan fingerprint density at radius 1 is 1.10 bits per heavy atom. The Labute approximate surface area is 122 Å². The summed E-state index contributed by atoms with van der Waals surface area (Å²) in [6, 6.07) is 1.95. The molecule has 5 heteroatoms. The van der Waals surface area contributed by atoms with Gasteiger partial charge in [-0.05, 0) is 32.1 Å². The highest BCUT2D eigenvalue weighted by atomic mass is 16.3. The first kappa shape index (κ1) is 16.7. The van der Waals surface area contributed by atoms with E-state index in [9.17, 15) is 0 Å². The van der Waals surface area contributed by atoms with Gasteiger partial charge in [0.25, 0.3) is 0 Å². The number of rotatable bonds is 10. The van der Waals surface area contributed by atoms with Crippen LogP contribution >= 0.6 is 0 Å². The Hall–Kier alpha value is -1.36. The molecule has 0 amide bonds. The van der Waals surface area contributed by atoms with Gasteiger partial charge in [0, 0.05) is 25.8 Å². The quantitative estimate of drug-likeness (QED) is 0.615. The van der Waals surface area contributed by atoms with Gasteiger partial charge in [-0.1, -0.05) is 20.3 Å². The predicted molar refractivity (Wildman–Crippen MR) is 84.1 cm³/mol. The van der Waals surface area contributed by atoms with Crippen molar-refractivity contribution in [2.45, 2.75) is 46.5 Å². The molecule has 1 heterocycles. The highest BCUT2D eigenvalue weighted by Gasteiger charge is 2.08. The topological polar surface area (TPSA) is 70.1 Å². The average molecular weight is 280 g/mol. The maximum Gasteiger partial charge on any atom is 0.131 e. The second kappa shape index (κ2) is 9.53. The molecular formula is C15H28N4O. The molecule has 0 saturated carbocycles. The molecule has 1 atom stereocenters. The Kier molecular flexibility index (Phi) is 7.95. The first-order valence-electron chi connectivity index (χ1n) is 7.63. The summed E-state index contributed by atoms with van der Waals surface area (Å²) in [6.07, 6.45) is 4.17. The lowest BCUT2D eigenvalue weighted by atomic mass is 10.0. The summed E-state index contributed by atoms with van der Waals surface area (Å²) < 4.78 is 0. The second-order valence-electron chi connectivity index (χ2n) is 5.16. The first-order chi connectivity index (χ1) is 9.69. The van der Waals surface area contributed by atoms with E-state index in [0.29, 0.717) is 5.92 Å². The van der Waals surface area contributed by atoms with Crippen LogP contribution in [0.15, 0.2) is 6.07 Å². The van der Waals surface area contributed by atoms with E-state index in [-0.39, 0.29) is 6.61 Å². The van der Waals surface area contributed by atoms with Gasteiger partial charge in [0.1, 0.15) is 17.5 Å². The van der Waals surface area contributed by atoms with E-state index >= 15 is 0 Å². The van der Waals surface area contributed by atoms with Gasteiger partial charge < -0.3 is 15.7 Å². The van der Waals surface area contributed by atoms with Crippen molar-refractivity contribution in [3.05, 3.63) is 11.9 Å². The van der Waals surface area contributed by atoms with Crippen molar-refractivity contribution in [1.82, 2.24) is 9.97 Å². The van der Waals surface area contributed by atoms with Crippen LogP contribution in [0.25, 0.3) is 0 Å². The normalized spacial score (nSPS) is 12.2. The van der Waals surface area contributed by atoms with Crippen molar-refractivity contribution in [1.29, 1.82) is 0 Å². The molecule has 0 aromatic carbocycles. The van der Waals surface area contributed by atoms with Crippen LogP contribution in [0.1, 0.15) is 45.4 Å². The van der Waals surface area contributed by atoms with E-state index in [4.69, 9.17) is 5.11 Å². The Bertz CT molecular complexity index is 378. The van der Waals surface area contributed by atoms with Crippen LogP contribution in [-0.2, 0) is 0 Å². The lowest BCUT2D eigenvalue weighted by Crippen LogP contribution is -2.17. The SMILES string of the molecule is CCCNc1cc(NCC(CCC)CCO)nc(C)n1. The molecule has 1 unspecified atom stereocenters. The van der Waals surface area contributed by atoms with Gasteiger partial charge in [-0.15, -0.1) is 0 Å². The number of hydrogen-bond donors (Lipinski definition) is 3. The number of nitrogens with zero attached hydrogens (tertiary/aromatic N) is 2. The third-order valence-electron chi connectivity index (χ3n) is 3.20. The summed E-state index contributed by atoms with van der Waals surface area (Å²) in [6.45, 7) is 8.21. The van der Waals surface area contributed by atoms with Crippen molar-refractivity contribution in [3.63, 3.8) is 0 Å².